The van der Waals surface area contributed by atoms with Crippen LogP contribution in [0.3, 0.4) is 0 Å². The number of aromatic nitrogens is 1. The van der Waals surface area contributed by atoms with Gasteiger partial charge in [0, 0.05) is 61.4 Å². The van der Waals surface area contributed by atoms with Crippen LogP contribution in [-0.2, 0) is 54.1 Å². The van der Waals surface area contributed by atoms with Crippen molar-refractivity contribution in [2.24, 2.45) is 17.6 Å². The first-order valence-corrected chi connectivity index (χ1v) is 29.4. The van der Waals surface area contributed by atoms with E-state index in [4.69, 9.17) is 45.8 Å². The van der Waals surface area contributed by atoms with E-state index in [0.29, 0.717) is 58.9 Å². The van der Waals surface area contributed by atoms with Gasteiger partial charge in [0.05, 0.1) is 37.4 Å². The van der Waals surface area contributed by atoms with Gasteiger partial charge in [-0.05, 0) is 106 Å². The smallest absolute Gasteiger partial charge is 0.412 e. The van der Waals surface area contributed by atoms with Crippen LogP contribution in [0.1, 0.15) is 91.5 Å². The second kappa shape index (κ2) is 30.2. The highest BCUT2D eigenvalue weighted by atomic mass is 79.9. The Labute approximate surface area is 507 Å². The van der Waals surface area contributed by atoms with Crippen molar-refractivity contribution in [3.05, 3.63) is 89.0 Å². The van der Waals surface area contributed by atoms with E-state index in [9.17, 15) is 43.5 Å². The van der Waals surface area contributed by atoms with Gasteiger partial charge in [-0.15, -0.1) is 0 Å². The van der Waals surface area contributed by atoms with Gasteiger partial charge in [-0.2, -0.15) is 0 Å². The Morgan fingerprint density at radius 2 is 1.78 bits per heavy atom. The van der Waals surface area contributed by atoms with Gasteiger partial charge in [-0.1, -0.05) is 78.7 Å². The lowest BCUT2D eigenvalue weighted by atomic mass is 9.83. The molecule has 26 heteroatoms. The lowest BCUT2D eigenvalue weighted by molar-refractivity contribution is -0.142. The lowest BCUT2D eigenvalue weighted by Crippen LogP contribution is -2.63. The number of nitrogens with zero attached hydrogens (tertiary/aromatic N) is 2. The summed E-state index contributed by atoms with van der Waals surface area (Å²) < 4.78 is 34.6. The van der Waals surface area contributed by atoms with Crippen LogP contribution in [0.15, 0.2) is 78.4 Å². The summed E-state index contributed by atoms with van der Waals surface area (Å²) >= 11 is 10.0. The number of carbonyl (C=O) groups excluding carboxylic acids is 8. The van der Waals surface area contributed by atoms with Gasteiger partial charge in [0.15, 0.2) is 5.72 Å². The molecule has 3 aliphatic rings. The van der Waals surface area contributed by atoms with Crippen LogP contribution in [0.25, 0.3) is 10.9 Å². The van der Waals surface area contributed by atoms with Crippen molar-refractivity contribution in [2.45, 2.75) is 140 Å². The number of anilines is 3. The zero-order valence-electron chi connectivity index (χ0n) is 49.0. The van der Waals surface area contributed by atoms with Crippen molar-refractivity contribution in [2.75, 3.05) is 55.3 Å². The number of urea groups is 1. The summed E-state index contributed by atoms with van der Waals surface area (Å²) in [6.07, 6.45) is 1.39. The SMILES string of the molecule is C=C(CBr)C(=O)OCCCCCC(=O)N[C@H](C(=O)N[C@@H](CCCNC(N)=O)C(=O)Nc1ccc2cc(NC(=O)O[C@H]3CC(=O)N(C)c4cc(cc(OC)c4Cl)C/C(C)=C/C=C/[C@@H](OC)[C@@]4(O)C[C@H](OC(=O)N4)[C@@H](C)[C@@H]4O[C@@]34C)ccc2n1)C(C)C. The quantitative estimate of drug-likeness (QED) is 0.0125. The summed E-state index contributed by atoms with van der Waals surface area (Å²) in [5.74, 6) is -3.12. The van der Waals surface area contributed by atoms with Gasteiger partial charge < -0.3 is 65.4 Å². The third-order valence-corrected chi connectivity index (χ3v) is 16.0. The van der Waals surface area contributed by atoms with Crippen molar-refractivity contribution in [3.8, 4) is 5.75 Å². The van der Waals surface area contributed by atoms with Crippen LogP contribution < -0.4 is 47.3 Å². The predicted octanol–water partition coefficient (Wildman–Crippen LogP) is 6.99. The molecule has 9 N–H and O–H groups in total. The number of methoxy groups -OCH3 is 2. The number of hydrogen-bond acceptors (Lipinski definition) is 16. The maximum Gasteiger partial charge on any atom is 0.412 e. The van der Waals surface area contributed by atoms with Crippen LogP contribution in [0.4, 0.5) is 31.6 Å². The highest BCUT2D eigenvalue weighted by Crippen LogP contribution is 2.49. The summed E-state index contributed by atoms with van der Waals surface area (Å²) in [5, 5.41) is 28.9. The number of epoxide rings is 1. The topological polar surface area (TPSA) is 330 Å². The average molecular weight is 1270 g/mol. The molecule has 3 aromatic rings. The standard InChI is InChI=1S/C59H77BrClN9O15/c1-32(2)50(68-47(71)18-11-10-12-24-82-54(75)34(4)31-60)53(74)66-40(16-14-23-63-55(62)76)52(73)67-46-22-19-37-28-38(20-21-39(37)65-46)64-56(77)84-45-29-48(72)70(7)41-26-36(27-42(80-8)49(41)61)25-33(3)15-13-17-44(81-9)59(79)30-43(83-57(78)69-59)35(5)51-58(45,6)85-51/h13,15,17,19-22,26-28,32,35,40,43-45,50-51,79H,4,10-12,14,16,18,23-25,29-31H2,1-3,5-9H3,(H,64,77)(H,66,74)(H,68,71)(H,69,78)(H3,62,63,76)(H,65,67,73)/b17-13+,33-15+/t35-,40+,43+,44-,45+,50+,51+,58+,59+/m1/s1. The number of ether oxygens (including phenoxy) is 6. The first-order chi connectivity index (χ1) is 40.3. The Morgan fingerprint density at radius 1 is 1.02 bits per heavy atom. The number of unbranched alkanes of at least 4 members (excludes halogenated alkanes) is 2. The number of nitrogens with two attached hydrogens (primary N) is 1. The van der Waals surface area contributed by atoms with Gasteiger partial charge in [-0.3, -0.25) is 29.8 Å². The number of alkyl halides is 1. The van der Waals surface area contributed by atoms with E-state index in [-0.39, 0.29) is 67.2 Å². The number of nitrogens with one attached hydrogen (secondary N) is 6. The number of hydrogen-bond donors (Lipinski definition) is 8. The number of halogens is 2. The Kier molecular flexibility index (Phi) is 23.7. The largest absolute Gasteiger partial charge is 0.495 e. The summed E-state index contributed by atoms with van der Waals surface area (Å²) in [4.78, 5) is 111. The number of amides is 8. The van der Waals surface area contributed by atoms with Crippen LogP contribution in [0, 0.1) is 11.8 Å². The number of pyridine rings is 1. The Morgan fingerprint density at radius 3 is 2.47 bits per heavy atom. The van der Waals surface area contributed by atoms with Crippen molar-refractivity contribution >= 4 is 103 Å². The first-order valence-electron chi connectivity index (χ1n) is 27.9. The maximum atomic E-state index is 14.4. The molecule has 0 aliphatic carbocycles. The third kappa shape index (κ3) is 18.1. The highest BCUT2D eigenvalue weighted by molar-refractivity contribution is 9.09. The second-order valence-corrected chi connectivity index (χ2v) is 22.8. The molecule has 8 amide bonds. The molecule has 2 saturated heterocycles. The summed E-state index contributed by atoms with van der Waals surface area (Å²) in [7, 11) is 4.42. The predicted molar refractivity (Wildman–Crippen MR) is 321 cm³/mol. The molecule has 1 aromatic heterocycles. The summed E-state index contributed by atoms with van der Waals surface area (Å²) in [6, 6.07) is 8.57. The van der Waals surface area contributed by atoms with Crippen molar-refractivity contribution in [1.29, 1.82) is 0 Å². The number of fused-ring (bicyclic) bond motifs is 6. The fourth-order valence-electron chi connectivity index (χ4n) is 10.1. The molecule has 2 aromatic carbocycles. The number of aliphatic hydroxyl groups is 1. The number of carbonyl (C=O) groups is 8. The zero-order chi connectivity index (χ0) is 62.3. The van der Waals surface area contributed by atoms with E-state index in [1.165, 1.54) is 25.2 Å². The molecule has 0 saturated carbocycles. The molecule has 0 radical (unpaired) electrons. The molecule has 2 fully saturated rings. The number of allylic oxidation sites excluding steroid dienone is 3. The molecule has 0 spiro atoms. The van der Waals surface area contributed by atoms with E-state index in [2.05, 4.69) is 59.4 Å². The minimum atomic E-state index is -1.89. The Hall–Kier alpha value is -7.32. The number of esters is 1. The van der Waals surface area contributed by atoms with E-state index < -0.39 is 102 Å². The van der Waals surface area contributed by atoms with Gasteiger partial charge in [0.1, 0.15) is 52.6 Å². The van der Waals surface area contributed by atoms with E-state index in [0.717, 1.165) is 11.1 Å². The molecular formula is C59H77BrClN9O15. The van der Waals surface area contributed by atoms with Gasteiger partial charge in [-0.25, -0.2) is 24.2 Å². The zero-order valence-corrected chi connectivity index (χ0v) is 51.3. The molecule has 0 unspecified atom stereocenters. The number of rotatable bonds is 22. The van der Waals surface area contributed by atoms with Gasteiger partial charge in [0.25, 0.3) is 0 Å². The van der Waals surface area contributed by atoms with Crippen molar-refractivity contribution in [3.63, 3.8) is 0 Å². The third-order valence-electron chi connectivity index (χ3n) is 15.0. The molecule has 24 nitrogen and oxygen atoms in total. The average Bonchev–Trinajstić information content (AvgIpc) is 1.67. The monoisotopic (exact) mass is 1270 g/mol. The van der Waals surface area contributed by atoms with Gasteiger partial charge >= 0.3 is 24.2 Å². The van der Waals surface area contributed by atoms with E-state index in [1.54, 1.807) is 83.3 Å². The molecule has 4 heterocycles. The summed E-state index contributed by atoms with van der Waals surface area (Å²) in [5.41, 5.74) is 5.02. The van der Waals surface area contributed by atoms with E-state index >= 15 is 0 Å². The molecule has 4 bridgehead atoms. The van der Waals surface area contributed by atoms with Crippen molar-refractivity contribution in [1.82, 2.24) is 26.3 Å². The molecule has 3 aliphatic heterocycles. The van der Waals surface area contributed by atoms with Crippen LogP contribution in [0.2, 0.25) is 5.02 Å². The normalized spacial score (nSPS) is 23.9. The second-order valence-electron chi connectivity index (χ2n) is 21.9. The Bertz CT molecular complexity index is 3050. The molecule has 85 heavy (non-hydrogen) atoms. The molecule has 9 atom stereocenters. The van der Waals surface area contributed by atoms with Crippen molar-refractivity contribution < 1.29 is 71.9 Å². The molecule has 462 valence electrons. The van der Waals surface area contributed by atoms with Crippen LogP contribution in [-0.4, -0.2) is 145 Å². The maximum absolute atomic E-state index is 14.4. The number of primary amides is 1. The van der Waals surface area contributed by atoms with E-state index in [1.807, 2.05) is 13.0 Å². The first kappa shape index (κ1) is 66.8. The highest BCUT2D eigenvalue weighted by Gasteiger charge is 2.64. The minimum Gasteiger partial charge on any atom is -0.495 e. The number of alkyl carbamates (subject to hydrolysis) is 1. The van der Waals surface area contributed by atoms with Gasteiger partial charge in [0.2, 0.25) is 23.6 Å². The van der Waals surface area contributed by atoms with Crippen LogP contribution in [0.5, 0.6) is 5.75 Å². The Balaban J connectivity index is 1.16. The number of benzene rings is 2. The lowest BCUT2D eigenvalue weighted by Gasteiger charge is -2.42. The summed E-state index contributed by atoms with van der Waals surface area (Å²) in [6.45, 7) is 12.8. The minimum absolute atomic E-state index is 0.0695. The molecular weight excluding hydrogens is 1190 g/mol. The van der Waals surface area contributed by atoms with Crippen LogP contribution >= 0.6 is 27.5 Å². The fourth-order valence-corrected chi connectivity index (χ4v) is 10.6. The molecule has 6 rings (SSSR count). The fraction of sp³-hybridized carbons (Fsp3) is 0.508.